The molecule has 5 rings (SSSR count). The summed E-state index contributed by atoms with van der Waals surface area (Å²) in [5.74, 6) is -1.73. The monoisotopic (exact) mass is 672 g/mol. The molecule has 14 heteroatoms. The van der Waals surface area contributed by atoms with E-state index in [2.05, 4.69) is 24.2 Å². The van der Waals surface area contributed by atoms with Crippen LogP contribution >= 0.6 is 0 Å². The standard InChI is InChI=1S/C34H44N2O12/c1-17(37)35-28-31(46-20(4)40)30(45-19(3)39)25(16-44-18(2)38)47-32(28)48-29-23(42-7)10-9-21-13-26-33(5)15-24(43-8)22(41)14-34(33,27(21)29)11-12-36(26)6/h9-10,15,25-26,28,30-32H,11-14,16H2,1-8H3,(H,35,37). The van der Waals surface area contributed by atoms with Crippen LogP contribution in [0.15, 0.2) is 24.0 Å². The number of hydrogen-bond acceptors (Lipinski definition) is 13. The summed E-state index contributed by atoms with van der Waals surface area (Å²) >= 11 is 0. The number of likely N-dealkylation sites (tertiary alicyclic amines) is 1. The van der Waals surface area contributed by atoms with E-state index in [9.17, 15) is 24.0 Å². The number of methoxy groups -OCH3 is 2. The molecule has 8 unspecified atom stereocenters. The lowest BCUT2D eigenvalue weighted by atomic mass is 9.46. The van der Waals surface area contributed by atoms with E-state index in [1.165, 1.54) is 41.9 Å². The average Bonchev–Trinajstić information content (AvgIpc) is 3.00. The molecule has 2 heterocycles. The van der Waals surface area contributed by atoms with Gasteiger partial charge in [-0.05, 0) is 44.1 Å². The van der Waals surface area contributed by atoms with E-state index in [0.717, 1.165) is 17.7 Å². The van der Waals surface area contributed by atoms with E-state index >= 15 is 0 Å². The van der Waals surface area contributed by atoms with Gasteiger partial charge in [0, 0.05) is 56.6 Å². The molecule has 2 saturated heterocycles. The molecule has 1 amide bonds. The molecule has 8 atom stereocenters. The summed E-state index contributed by atoms with van der Waals surface area (Å²) in [5, 5.41) is 2.75. The van der Waals surface area contributed by atoms with Gasteiger partial charge < -0.3 is 43.4 Å². The number of carbonyl (C=O) groups excluding carboxylic acids is 5. The number of Topliss-reactive ketones (excluding diaryl/α,β-unsaturated/α-hetero) is 1. The van der Waals surface area contributed by atoms with Crippen LogP contribution in [0, 0.1) is 5.41 Å². The van der Waals surface area contributed by atoms with Gasteiger partial charge in [-0.3, -0.25) is 24.0 Å². The number of esters is 3. The van der Waals surface area contributed by atoms with Crippen LogP contribution in [0.3, 0.4) is 0 Å². The van der Waals surface area contributed by atoms with Gasteiger partial charge in [-0.25, -0.2) is 0 Å². The Morgan fingerprint density at radius 2 is 1.69 bits per heavy atom. The molecule has 1 aromatic rings. The first-order valence-electron chi connectivity index (χ1n) is 15.9. The number of hydrogen-bond donors (Lipinski definition) is 1. The highest BCUT2D eigenvalue weighted by atomic mass is 16.7. The third-order valence-corrected chi connectivity index (χ3v) is 10.2. The minimum atomic E-state index is -1.37. The van der Waals surface area contributed by atoms with Crippen molar-refractivity contribution in [3.05, 3.63) is 35.1 Å². The van der Waals surface area contributed by atoms with E-state index in [4.69, 9.17) is 33.2 Å². The lowest BCUT2D eigenvalue weighted by Crippen LogP contribution is -2.68. The second kappa shape index (κ2) is 13.4. The Balaban J connectivity index is 1.69. The smallest absolute Gasteiger partial charge is 0.303 e. The van der Waals surface area contributed by atoms with Crippen molar-refractivity contribution in [2.24, 2.45) is 5.41 Å². The largest absolute Gasteiger partial charge is 0.493 e. The molecule has 0 saturated carbocycles. The molecule has 0 aromatic heterocycles. The van der Waals surface area contributed by atoms with Gasteiger partial charge in [-0.15, -0.1) is 0 Å². The van der Waals surface area contributed by atoms with Crippen LogP contribution in [0.1, 0.15) is 58.6 Å². The number of benzene rings is 1. The number of ketones is 1. The van der Waals surface area contributed by atoms with Crippen molar-refractivity contribution in [1.29, 1.82) is 0 Å². The van der Waals surface area contributed by atoms with Crippen LogP contribution in [-0.2, 0) is 59.5 Å². The van der Waals surface area contributed by atoms with Crippen molar-refractivity contribution < 1.29 is 57.1 Å². The summed E-state index contributed by atoms with van der Waals surface area (Å²) in [4.78, 5) is 65.0. The molecule has 14 nitrogen and oxygen atoms in total. The third-order valence-electron chi connectivity index (χ3n) is 10.2. The van der Waals surface area contributed by atoms with Crippen molar-refractivity contribution in [1.82, 2.24) is 10.2 Å². The zero-order valence-corrected chi connectivity index (χ0v) is 28.6. The van der Waals surface area contributed by atoms with Crippen LogP contribution in [0.25, 0.3) is 0 Å². The van der Waals surface area contributed by atoms with Crippen LogP contribution in [0.2, 0.25) is 0 Å². The third kappa shape index (κ3) is 6.11. The van der Waals surface area contributed by atoms with Gasteiger partial charge in [0.25, 0.3) is 0 Å². The lowest BCUT2D eigenvalue weighted by molar-refractivity contribution is -0.257. The molecular weight excluding hydrogens is 628 g/mol. The molecular formula is C34H44N2O12. The molecule has 0 spiro atoms. The zero-order valence-electron chi connectivity index (χ0n) is 28.6. The van der Waals surface area contributed by atoms with Gasteiger partial charge in [0.2, 0.25) is 12.2 Å². The maximum Gasteiger partial charge on any atom is 0.303 e. The molecule has 2 aliphatic carbocycles. The van der Waals surface area contributed by atoms with E-state index in [1.807, 2.05) is 12.1 Å². The van der Waals surface area contributed by atoms with Gasteiger partial charge in [0.1, 0.15) is 18.8 Å². The normalized spacial score (nSPS) is 32.4. The van der Waals surface area contributed by atoms with Gasteiger partial charge in [0.05, 0.1) is 14.2 Å². The minimum absolute atomic E-state index is 0.0437. The van der Waals surface area contributed by atoms with E-state index < -0.39 is 65.3 Å². The Labute approximate surface area is 279 Å². The fraction of sp³-hybridized carbons (Fsp3) is 0.618. The number of fused-ring (bicyclic) bond motifs is 1. The summed E-state index contributed by atoms with van der Waals surface area (Å²) < 4.78 is 41.0. The van der Waals surface area contributed by atoms with Crippen molar-refractivity contribution in [3.8, 4) is 11.5 Å². The average molecular weight is 673 g/mol. The fourth-order valence-electron chi connectivity index (χ4n) is 8.11. The highest BCUT2D eigenvalue weighted by Crippen LogP contribution is 2.64. The molecule has 2 bridgehead atoms. The maximum absolute atomic E-state index is 13.6. The summed E-state index contributed by atoms with van der Waals surface area (Å²) in [6.45, 7) is 7.31. The number of carbonyl (C=O) groups is 5. The molecule has 1 N–H and O–H groups in total. The Hall–Kier alpha value is -4.17. The van der Waals surface area contributed by atoms with Crippen molar-refractivity contribution in [2.45, 2.75) is 96.0 Å². The summed E-state index contributed by atoms with van der Waals surface area (Å²) in [6, 6.07) is 2.60. The SMILES string of the molecule is COC1=CC2(C)C3Cc4ccc(OC)c(OC5OC(COC(C)=O)C(OC(C)=O)C(OC(C)=O)C5NC(C)=O)c4C2(CCN3C)CC1=O. The van der Waals surface area contributed by atoms with Crippen LogP contribution in [0.5, 0.6) is 11.5 Å². The molecule has 1 aromatic carbocycles. The van der Waals surface area contributed by atoms with Crippen LogP contribution < -0.4 is 14.8 Å². The molecule has 0 radical (unpaired) electrons. The maximum atomic E-state index is 13.6. The highest BCUT2D eigenvalue weighted by Gasteiger charge is 2.64. The van der Waals surface area contributed by atoms with E-state index in [-0.39, 0.29) is 24.9 Å². The summed E-state index contributed by atoms with van der Waals surface area (Å²) in [5.41, 5.74) is 0.451. The number of allylic oxidation sites excluding steroid dienone is 1. The first kappa shape index (κ1) is 35.1. The molecule has 48 heavy (non-hydrogen) atoms. The van der Waals surface area contributed by atoms with Crippen molar-refractivity contribution >= 4 is 29.6 Å². The van der Waals surface area contributed by atoms with Crippen molar-refractivity contribution in [3.63, 3.8) is 0 Å². The number of ether oxygens (including phenoxy) is 7. The zero-order chi connectivity index (χ0) is 35.1. The highest BCUT2D eigenvalue weighted by molar-refractivity contribution is 5.96. The molecule has 2 fully saturated rings. The van der Waals surface area contributed by atoms with E-state index in [1.54, 1.807) is 6.07 Å². The Morgan fingerprint density at radius 1 is 1.00 bits per heavy atom. The predicted molar refractivity (Wildman–Crippen MR) is 167 cm³/mol. The first-order chi connectivity index (χ1) is 22.6. The molecule has 262 valence electrons. The van der Waals surface area contributed by atoms with Gasteiger partial charge in [-0.2, -0.15) is 0 Å². The van der Waals surface area contributed by atoms with Crippen LogP contribution in [-0.4, -0.2) is 106 Å². The summed E-state index contributed by atoms with van der Waals surface area (Å²) in [6.07, 6.45) is -1.77. The predicted octanol–water partition coefficient (Wildman–Crippen LogP) is 1.74. The molecule has 2 aliphatic heterocycles. The Bertz CT molecular complexity index is 1530. The number of amides is 1. The molecule has 4 aliphatic rings. The summed E-state index contributed by atoms with van der Waals surface area (Å²) in [7, 11) is 5.07. The second-order valence-corrected chi connectivity index (χ2v) is 13.1. The van der Waals surface area contributed by atoms with Gasteiger partial charge in [-0.1, -0.05) is 13.0 Å². The lowest BCUT2D eigenvalue weighted by Gasteiger charge is -2.63. The number of rotatable bonds is 9. The van der Waals surface area contributed by atoms with E-state index in [0.29, 0.717) is 30.1 Å². The minimum Gasteiger partial charge on any atom is -0.493 e. The second-order valence-electron chi connectivity index (χ2n) is 13.1. The van der Waals surface area contributed by atoms with Gasteiger partial charge >= 0.3 is 17.9 Å². The number of nitrogens with one attached hydrogen (secondary N) is 1. The Kier molecular flexibility index (Phi) is 9.80. The fourth-order valence-corrected chi connectivity index (χ4v) is 8.11. The van der Waals surface area contributed by atoms with Crippen molar-refractivity contribution in [2.75, 3.05) is 34.4 Å². The first-order valence-corrected chi connectivity index (χ1v) is 15.9. The quantitative estimate of drug-likeness (QED) is 0.298. The van der Waals surface area contributed by atoms with Crippen LogP contribution in [0.4, 0.5) is 0 Å². The topological polar surface area (TPSA) is 165 Å². The number of likely N-dealkylation sites (N-methyl/N-ethyl adjacent to an activating group) is 1. The number of piperidine rings is 1. The van der Waals surface area contributed by atoms with Gasteiger partial charge in [0.15, 0.2) is 35.2 Å². The Morgan fingerprint density at radius 3 is 2.29 bits per heavy atom. The number of nitrogens with zero attached hydrogens (tertiary/aromatic N) is 1.